The fourth-order valence-corrected chi connectivity index (χ4v) is 3.58. The van der Waals surface area contributed by atoms with Gasteiger partial charge in [0.1, 0.15) is 12.4 Å². The molecule has 6 nitrogen and oxygen atoms in total. The maximum absolute atomic E-state index is 13.2. The topological polar surface area (TPSA) is 64.4 Å². The monoisotopic (exact) mass is 447 g/mol. The lowest BCUT2D eigenvalue weighted by Crippen LogP contribution is -2.34. The number of hydrogen-bond donors (Lipinski definition) is 0. The van der Waals surface area contributed by atoms with E-state index in [0.29, 0.717) is 34.7 Å². The van der Waals surface area contributed by atoms with E-state index >= 15 is 0 Å². The first-order valence-electron chi connectivity index (χ1n) is 10.2. The first kappa shape index (κ1) is 21.6. The molecule has 0 spiro atoms. The Kier molecular flexibility index (Phi) is 6.52. The van der Waals surface area contributed by atoms with Gasteiger partial charge in [-0.3, -0.25) is 9.59 Å². The molecule has 0 saturated carbocycles. The molecule has 0 atom stereocenters. The van der Waals surface area contributed by atoms with Crippen LogP contribution < -0.4 is 10.3 Å². The number of hydrogen-bond acceptors (Lipinski definition) is 4. The van der Waals surface area contributed by atoms with Gasteiger partial charge in [0, 0.05) is 17.5 Å². The van der Waals surface area contributed by atoms with E-state index in [4.69, 9.17) is 16.3 Å². The number of rotatable bonds is 7. The summed E-state index contributed by atoms with van der Waals surface area (Å²) in [5.41, 5.74) is 0.938. The predicted molar refractivity (Wildman–Crippen MR) is 125 cm³/mol. The Bertz CT molecular complexity index is 1300. The number of nitrogens with zero attached hydrogens (tertiary/aromatic N) is 3. The van der Waals surface area contributed by atoms with E-state index in [2.05, 4.69) is 5.10 Å². The predicted octanol–water partition coefficient (Wildman–Crippen LogP) is 4.25. The highest BCUT2D eigenvalue weighted by molar-refractivity contribution is 6.30. The summed E-state index contributed by atoms with van der Waals surface area (Å²) >= 11 is 5.98. The van der Waals surface area contributed by atoms with Crippen LogP contribution in [-0.4, -0.2) is 40.8 Å². The van der Waals surface area contributed by atoms with Gasteiger partial charge >= 0.3 is 0 Å². The minimum Gasteiger partial charge on any atom is -0.492 e. The van der Waals surface area contributed by atoms with Crippen molar-refractivity contribution in [2.75, 3.05) is 20.2 Å². The van der Waals surface area contributed by atoms with Crippen LogP contribution in [0.25, 0.3) is 10.8 Å². The van der Waals surface area contributed by atoms with Crippen LogP contribution >= 0.6 is 11.6 Å². The first-order valence-corrected chi connectivity index (χ1v) is 10.6. The van der Waals surface area contributed by atoms with Gasteiger partial charge in [-0.05, 0) is 29.8 Å². The Hall–Kier alpha value is -3.64. The second kappa shape index (κ2) is 9.66. The van der Waals surface area contributed by atoms with E-state index < -0.39 is 0 Å². The molecule has 1 aromatic heterocycles. The number of ether oxygens (including phenoxy) is 1. The fourth-order valence-electron chi connectivity index (χ4n) is 3.40. The largest absolute Gasteiger partial charge is 0.492 e. The van der Waals surface area contributed by atoms with E-state index in [9.17, 15) is 9.59 Å². The quantitative estimate of drug-likeness (QED) is 0.425. The van der Waals surface area contributed by atoms with Crippen LogP contribution in [0.5, 0.6) is 5.75 Å². The molecule has 4 rings (SSSR count). The molecule has 0 radical (unpaired) electrons. The standard InChI is InChI=1S/C25H22ClN3O3/c1-28(14-15-32-20-11-7-10-19(26)16-20)25(31)23-21-12-5-6-13-22(21)24(30)29(27-23)17-18-8-3-2-4-9-18/h2-13,16H,14-15,17H2,1H3. The number of benzene rings is 3. The molecular formula is C25H22ClN3O3. The SMILES string of the molecule is CN(CCOc1cccc(Cl)c1)C(=O)c1nn(Cc2ccccc2)c(=O)c2ccccc12. The third kappa shape index (κ3) is 4.81. The number of halogens is 1. The molecule has 0 aliphatic rings. The zero-order valence-electron chi connectivity index (χ0n) is 17.6. The molecule has 3 aromatic carbocycles. The van der Waals surface area contributed by atoms with Crippen molar-refractivity contribution in [1.29, 1.82) is 0 Å². The summed E-state index contributed by atoms with van der Waals surface area (Å²) in [6.07, 6.45) is 0. The van der Waals surface area contributed by atoms with Gasteiger partial charge in [0.2, 0.25) is 0 Å². The molecule has 1 amide bonds. The molecular weight excluding hydrogens is 426 g/mol. The molecule has 0 bridgehead atoms. The highest BCUT2D eigenvalue weighted by Crippen LogP contribution is 2.18. The fraction of sp³-hybridized carbons (Fsp3) is 0.160. The molecule has 32 heavy (non-hydrogen) atoms. The molecule has 4 aromatic rings. The Morgan fingerprint density at radius 1 is 1.00 bits per heavy atom. The number of fused-ring (bicyclic) bond motifs is 1. The van der Waals surface area contributed by atoms with Crippen molar-refractivity contribution in [2.24, 2.45) is 0 Å². The molecule has 0 N–H and O–H groups in total. The van der Waals surface area contributed by atoms with Crippen molar-refractivity contribution >= 4 is 28.3 Å². The number of carbonyl (C=O) groups excluding carboxylic acids is 1. The summed E-state index contributed by atoms with van der Waals surface area (Å²) in [5.74, 6) is 0.357. The van der Waals surface area contributed by atoms with Crippen molar-refractivity contribution < 1.29 is 9.53 Å². The van der Waals surface area contributed by atoms with Crippen LogP contribution in [0.1, 0.15) is 16.1 Å². The van der Waals surface area contributed by atoms with Crippen LogP contribution in [0, 0.1) is 0 Å². The number of likely N-dealkylation sites (N-methyl/N-ethyl adjacent to an activating group) is 1. The van der Waals surface area contributed by atoms with Crippen molar-refractivity contribution in [1.82, 2.24) is 14.7 Å². The molecule has 162 valence electrons. The number of aromatic nitrogens is 2. The molecule has 0 unspecified atom stereocenters. The van der Waals surface area contributed by atoms with Crippen molar-refractivity contribution in [2.45, 2.75) is 6.54 Å². The molecule has 0 fully saturated rings. The summed E-state index contributed by atoms with van der Waals surface area (Å²) < 4.78 is 7.05. The lowest BCUT2D eigenvalue weighted by atomic mass is 10.1. The average Bonchev–Trinajstić information content (AvgIpc) is 2.81. The smallest absolute Gasteiger partial charge is 0.274 e. The van der Waals surface area contributed by atoms with E-state index in [1.807, 2.05) is 36.4 Å². The zero-order valence-corrected chi connectivity index (χ0v) is 18.3. The summed E-state index contributed by atoms with van der Waals surface area (Å²) in [4.78, 5) is 27.8. The van der Waals surface area contributed by atoms with Gasteiger partial charge in [-0.2, -0.15) is 5.10 Å². The Balaban J connectivity index is 1.58. The van der Waals surface area contributed by atoms with E-state index in [1.165, 1.54) is 9.58 Å². The minimum absolute atomic E-state index is 0.229. The van der Waals surface area contributed by atoms with Crippen molar-refractivity contribution in [3.05, 3.63) is 105 Å². The van der Waals surface area contributed by atoms with Gasteiger partial charge in [0.05, 0.1) is 18.5 Å². The average molecular weight is 448 g/mol. The highest BCUT2D eigenvalue weighted by Gasteiger charge is 2.20. The van der Waals surface area contributed by atoms with Crippen LogP contribution in [0.4, 0.5) is 0 Å². The van der Waals surface area contributed by atoms with E-state index in [0.717, 1.165) is 5.56 Å². The number of carbonyl (C=O) groups is 1. The Morgan fingerprint density at radius 2 is 1.72 bits per heavy atom. The van der Waals surface area contributed by atoms with Gasteiger partial charge in [0.15, 0.2) is 5.69 Å². The maximum atomic E-state index is 13.2. The number of amides is 1. The van der Waals surface area contributed by atoms with Crippen LogP contribution in [0.3, 0.4) is 0 Å². The lowest BCUT2D eigenvalue weighted by molar-refractivity contribution is 0.0767. The highest BCUT2D eigenvalue weighted by atomic mass is 35.5. The Labute approximate surface area is 190 Å². The first-order chi connectivity index (χ1) is 15.5. The maximum Gasteiger partial charge on any atom is 0.274 e. The van der Waals surface area contributed by atoms with E-state index in [-0.39, 0.29) is 23.7 Å². The van der Waals surface area contributed by atoms with Crippen LogP contribution in [0.2, 0.25) is 5.02 Å². The normalized spacial score (nSPS) is 10.8. The lowest BCUT2D eigenvalue weighted by Gasteiger charge is -2.19. The second-order valence-corrected chi connectivity index (χ2v) is 7.81. The van der Waals surface area contributed by atoms with E-state index in [1.54, 1.807) is 49.5 Å². The molecule has 0 saturated heterocycles. The van der Waals surface area contributed by atoms with Gasteiger partial charge in [-0.1, -0.05) is 66.2 Å². The van der Waals surface area contributed by atoms with Gasteiger partial charge < -0.3 is 9.64 Å². The summed E-state index contributed by atoms with van der Waals surface area (Å²) in [6, 6.07) is 23.7. The third-order valence-corrected chi connectivity index (χ3v) is 5.32. The molecule has 7 heteroatoms. The summed E-state index contributed by atoms with van der Waals surface area (Å²) in [6.45, 7) is 0.926. The summed E-state index contributed by atoms with van der Waals surface area (Å²) in [5, 5.41) is 6.04. The van der Waals surface area contributed by atoms with Crippen LogP contribution in [0.15, 0.2) is 83.7 Å². The van der Waals surface area contributed by atoms with Gasteiger partial charge in [-0.25, -0.2) is 4.68 Å². The second-order valence-electron chi connectivity index (χ2n) is 7.38. The summed E-state index contributed by atoms with van der Waals surface area (Å²) in [7, 11) is 1.69. The van der Waals surface area contributed by atoms with Gasteiger partial charge in [0.25, 0.3) is 11.5 Å². The van der Waals surface area contributed by atoms with Crippen LogP contribution in [-0.2, 0) is 6.54 Å². The molecule has 1 heterocycles. The molecule has 0 aliphatic heterocycles. The van der Waals surface area contributed by atoms with Gasteiger partial charge in [-0.15, -0.1) is 0 Å². The van der Waals surface area contributed by atoms with Crippen molar-refractivity contribution in [3.8, 4) is 5.75 Å². The zero-order chi connectivity index (χ0) is 22.5. The van der Waals surface area contributed by atoms with Crippen molar-refractivity contribution in [3.63, 3.8) is 0 Å². The minimum atomic E-state index is -0.280. The third-order valence-electron chi connectivity index (χ3n) is 5.08. The Morgan fingerprint density at radius 3 is 2.47 bits per heavy atom. The molecule has 0 aliphatic carbocycles.